The molecule has 1 saturated heterocycles. The lowest BCUT2D eigenvalue weighted by Crippen LogP contribution is -2.41. The molecule has 0 radical (unpaired) electrons. The number of aliphatic hydroxyl groups is 1. The Kier molecular flexibility index (Phi) is 4.10. The van der Waals surface area contributed by atoms with Crippen LogP contribution in [0.15, 0.2) is 0 Å². The molecule has 4 heteroatoms. The Labute approximate surface area is 127 Å². The predicted molar refractivity (Wildman–Crippen MR) is 82.3 cm³/mol. The van der Waals surface area contributed by atoms with Crippen LogP contribution in [-0.2, 0) is 18.2 Å². The molecule has 2 unspecified atom stereocenters. The lowest BCUT2D eigenvalue weighted by molar-refractivity contribution is -0.112. The van der Waals surface area contributed by atoms with Gasteiger partial charge in [0, 0.05) is 25.8 Å². The maximum absolute atomic E-state index is 10.7. The van der Waals surface area contributed by atoms with Crippen LogP contribution in [0, 0.1) is 19.8 Å². The Morgan fingerprint density at radius 1 is 1.38 bits per heavy atom. The van der Waals surface area contributed by atoms with Crippen LogP contribution in [0.3, 0.4) is 0 Å². The van der Waals surface area contributed by atoms with Crippen LogP contribution < -0.4 is 0 Å². The van der Waals surface area contributed by atoms with Gasteiger partial charge in [-0.1, -0.05) is 12.8 Å². The highest BCUT2D eigenvalue weighted by Crippen LogP contribution is 2.43. The molecule has 2 atom stereocenters. The fraction of sp³-hybridized carbons (Fsp3) is 0.824. The topological polar surface area (TPSA) is 47.3 Å². The van der Waals surface area contributed by atoms with Crippen molar-refractivity contribution in [2.24, 2.45) is 13.0 Å². The third-order valence-corrected chi connectivity index (χ3v) is 5.66. The van der Waals surface area contributed by atoms with Crippen molar-refractivity contribution in [3.8, 4) is 0 Å². The summed E-state index contributed by atoms with van der Waals surface area (Å²) >= 11 is 0. The smallest absolute Gasteiger partial charge is 0.0686 e. The van der Waals surface area contributed by atoms with E-state index in [2.05, 4.69) is 12.0 Å². The van der Waals surface area contributed by atoms with Gasteiger partial charge in [-0.25, -0.2) is 0 Å². The van der Waals surface area contributed by atoms with Gasteiger partial charge in [0.05, 0.1) is 17.4 Å². The van der Waals surface area contributed by atoms with Gasteiger partial charge in [0.25, 0.3) is 0 Å². The van der Waals surface area contributed by atoms with Gasteiger partial charge in [-0.3, -0.25) is 4.68 Å². The van der Waals surface area contributed by atoms with Crippen molar-refractivity contribution in [1.82, 2.24) is 9.78 Å². The molecule has 0 bridgehead atoms. The number of nitrogens with zero attached hydrogens (tertiary/aromatic N) is 2. The summed E-state index contributed by atoms with van der Waals surface area (Å²) < 4.78 is 8.00. The summed E-state index contributed by atoms with van der Waals surface area (Å²) in [6, 6.07) is 0. The molecule has 2 fully saturated rings. The summed E-state index contributed by atoms with van der Waals surface area (Å²) in [5.74, 6) is 0.371. The summed E-state index contributed by atoms with van der Waals surface area (Å²) in [5, 5.41) is 15.2. The van der Waals surface area contributed by atoms with E-state index in [1.807, 2.05) is 18.7 Å². The van der Waals surface area contributed by atoms with Crippen molar-refractivity contribution >= 4 is 0 Å². The van der Waals surface area contributed by atoms with Crippen molar-refractivity contribution < 1.29 is 9.84 Å². The number of aromatic nitrogens is 2. The first-order valence-corrected chi connectivity index (χ1v) is 8.32. The van der Waals surface area contributed by atoms with E-state index in [0.717, 1.165) is 31.6 Å². The molecule has 1 N–H and O–H groups in total. The average molecular weight is 292 g/mol. The molecule has 0 aromatic carbocycles. The fourth-order valence-electron chi connectivity index (χ4n) is 4.25. The van der Waals surface area contributed by atoms with Crippen LogP contribution in [0.2, 0.25) is 0 Å². The van der Waals surface area contributed by atoms with Gasteiger partial charge in [-0.05, 0) is 51.0 Å². The second kappa shape index (κ2) is 5.73. The first kappa shape index (κ1) is 15.0. The third kappa shape index (κ3) is 2.88. The molecule has 3 rings (SSSR count). The molecule has 1 aromatic rings. The lowest BCUT2D eigenvalue weighted by Gasteiger charge is -2.40. The van der Waals surface area contributed by atoms with Crippen LogP contribution in [0.5, 0.6) is 0 Å². The van der Waals surface area contributed by atoms with Crippen molar-refractivity contribution in [3.05, 3.63) is 17.0 Å². The van der Waals surface area contributed by atoms with Crippen LogP contribution in [0.4, 0.5) is 0 Å². The van der Waals surface area contributed by atoms with E-state index in [0.29, 0.717) is 5.92 Å². The molecule has 2 aliphatic rings. The van der Waals surface area contributed by atoms with E-state index in [-0.39, 0.29) is 11.7 Å². The van der Waals surface area contributed by atoms with Gasteiger partial charge < -0.3 is 9.84 Å². The molecule has 0 amide bonds. The van der Waals surface area contributed by atoms with Crippen molar-refractivity contribution in [3.63, 3.8) is 0 Å². The van der Waals surface area contributed by atoms with Gasteiger partial charge in [0.2, 0.25) is 0 Å². The second-order valence-electron chi connectivity index (χ2n) is 7.04. The normalized spacial score (nSPS) is 26.4. The second-order valence-corrected chi connectivity index (χ2v) is 7.04. The zero-order chi connectivity index (χ0) is 15.0. The SMILES string of the molecule is Cc1nn(C)c(C)c1CC(O)C1CCOC2(CCCC2)C1. The summed E-state index contributed by atoms with van der Waals surface area (Å²) in [6.45, 7) is 4.94. The Bertz CT molecular complexity index is 503. The first-order valence-electron chi connectivity index (χ1n) is 8.32. The minimum atomic E-state index is -0.270. The van der Waals surface area contributed by atoms with Crippen LogP contribution >= 0.6 is 0 Å². The summed E-state index contributed by atoms with van der Waals surface area (Å²) in [6.07, 6.45) is 7.41. The number of hydrogen-bond acceptors (Lipinski definition) is 3. The molecule has 1 saturated carbocycles. The van der Waals surface area contributed by atoms with Gasteiger partial charge in [-0.15, -0.1) is 0 Å². The molecule has 1 aliphatic carbocycles. The third-order valence-electron chi connectivity index (χ3n) is 5.66. The fourth-order valence-corrected chi connectivity index (χ4v) is 4.25. The van der Waals surface area contributed by atoms with Crippen molar-refractivity contribution in [1.29, 1.82) is 0 Å². The van der Waals surface area contributed by atoms with Gasteiger partial charge in [-0.2, -0.15) is 5.10 Å². The molecule has 118 valence electrons. The summed E-state index contributed by atoms with van der Waals surface area (Å²) in [4.78, 5) is 0. The summed E-state index contributed by atoms with van der Waals surface area (Å²) in [5.41, 5.74) is 3.53. The highest BCUT2D eigenvalue weighted by Gasteiger charge is 2.41. The highest BCUT2D eigenvalue weighted by atomic mass is 16.5. The van der Waals surface area contributed by atoms with E-state index in [9.17, 15) is 5.11 Å². The largest absolute Gasteiger partial charge is 0.392 e. The van der Waals surface area contributed by atoms with Crippen molar-refractivity contribution in [2.45, 2.75) is 70.5 Å². The summed E-state index contributed by atoms with van der Waals surface area (Å²) in [7, 11) is 1.97. The van der Waals surface area contributed by atoms with E-state index >= 15 is 0 Å². The quantitative estimate of drug-likeness (QED) is 0.931. The lowest BCUT2D eigenvalue weighted by atomic mass is 9.80. The van der Waals surface area contributed by atoms with Crippen LogP contribution in [-0.4, -0.2) is 33.2 Å². The van der Waals surface area contributed by atoms with Gasteiger partial charge in [0.15, 0.2) is 0 Å². The Morgan fingerprint density at radius 2 is 2.10 bits per heavy atom. The maximum atomic E-state index is 10.7. The van der Waals surface area contributed by atoms with E-state index in [1.54, 1.807) is 0 Å². The van der Waals surface area contributed by atoms with Gasteiger partial charge >= 0.3 is 0 Å². The molecular formula is C17H28N2O2. The molecule has 1 spiro atoms. The number of hydrogen-bond donors (Lipinski definition) is 1. The Balaban J connectivity index is 1.68. The average Bonchev–Trinajstić information content (AvgIpc) is 2.99. The molecule has 1 aromatic heterocycles. The monoisotopic (exact) mass is 292 g/mol. The highest BCUT2D eigenvalue weighted by molar-refractivity contribution is 5.25. The molecular weight excluding hydrogens is 264 g/mol. The minimum Gasteiger partial charge on any atom is -0.392 e. The zero-order valence-electron chi connectivity index (χ0n) is 13.6. The van der Waals surface area contributed by atoms with E-state index in [4.69, 9.17) is 4.74 Å². The number of ether oxygens (including phenoxy) is 1. The molecule has 2 heterocycles. The predicted octanol–water partition coefficient (Wildman–Crippen LogP) is 2.68. The molecule has 4 nitrogen and oxygen atoms in total. The number of rotatable bonds is 3. The first-order chi connectivity index (χ1) is 10.0. The maximum Gasteiger partial charge on any atom is 0.0686 e. The van der Waals surface area contributed by atoms with Crippen LogP contribution in [0.1, 0.15) is 55.5 Å². The molecule has 1 aliphatic heterocycles. The van der Waals surface area contributed by atoms with Crippen LogP contribution in [0.25, 0.3) is 0 Å². The van der Waals surface area contributed by atoms with Gasteiger partial charge in [0.1, 0.15) is 0 Å². The van der Waals surface area contributed by atoms with E-state index < -0.39 is 0 Å². The Morgan fingerprint density at radius 3 is 2.71 bits per heavy atom. The number of aryl methyl sites for hydroxylation is 2. The standard InChI is InChI=1S/C17H28N2O2/c1-12-15(13(2)19(3)18-12)10-16(20)14-6-9-21-17(11-14)7-4-5-8-17/h14,16,20H,4-11H2,1-3H3. The minimum absolute atomic E-state index is 0.0862. The van der Waals surface area contributed by atoms with E-state index in [1.165, 1.54) is 36.9 Å². The van der Waals surface area contributed by atoms with Crippen molar-refractivity contribution in [2.75, 3.05) is 6.61 Å². The number of aliphatic hydroxyl groups excluding tert-OH is 1. The zero-order valence-corrected chi connectivity index (χ0v) is 13.6. The Hall–Kier alpha value is -0.870. The molecule has 21 heavy (non-hydrogen) atoms.